The summed E-state index contributed by atoms with van der Waals surface area (Å²) in [4.78, 5) is 2.34. The second-order valence-corrected chi connectivity index (χ2v) is 3.28. The average Bonchev–Trinajstić information content (AvgIpc) is 2.33. The maximum absolute atomic E-state index is 5.11. The summed E-state index contributed by atoms with van der Waals surface area (Å²) >= 11 is 0. The van der Waals surface area contributed by atoms with Crippen LogP contribution in [0.2, 0.25) is 0 Å². The van der Waals surface area contributed by atoms with Crippen LogP contribution in [0.3, 0.4) is 0 Å². The zero-order valence-electron chi connectivity index (χ0n) is 7.42. The number of methoxy groups -OCH3 is 1. The minimum absolute atomic E-state index is 0.600. The molecule has 2 atom stereocenters. The molecule has 0 saturated carbocycles. The summed E-state index contributed by atoms with van der Waals surface area (Å²) in [6.45, 7) is 5.79. The molecule has 2 nitrogen and oxygen atoms in total. The van der Waals surface area contributed by atoms with Crippen LogP contribution in [0.5, 0.6) is 0 Å². The lowest BCUT2D eigenvalue weighted by Gasteiger charge is -2.17. The van der Waals surface area contributed by atoms with Gasteiger partial charge in [-0.3, -0.25) is 0 Å². The summed E-state index contributed by atoms with van der Waals surface area (Å²) < 4.78 is 5.11. The quantitative estimate of drug-likeness (QED) is 0.567. The third-order valence-electron chi connectivity index (χ3n) is 2.41. The number of hydrogen-bond donors (Lipinski definition) is 0. The molecule has 0 aromatic rings. The molecule has 0 unspecified atom stereocenters. The van der Waals surface area contributed by atoms with Crippen molar-refractivity contribution in [1.82, 2.24) is 4.90 Å². The Labute approximate surface area is 68.8 Å². The molecule has 0 spiro atoms. The molecule has 1 heterocycles. The SMILES string of the molecule is C=C[C@H]1C[C@H](COC)N(C)C1. The van der Waals surface area contributed by atoms with Gasteiger partial charge in [0.1, 0.15) is 0 Å². The number of rotatable bonds is 3. The number of hydrogen-bond acceptors (Lipinski definition) is 2. The van der Waals surface area contributed by atoms with Gasteiger partial charge in [0.05, 0.1) is 6.61 Å². The Bertz CT molecular complexity index is 136. The Morgan fingerprint density at radius 3 is 2.91 bits per heavy atom. The molecule has 11 heavy (non-hydrogen) atoms. The van der Waals surface area contributed by atoms with Crippen molar-refractivity contribution in [2.24, 2.45) is 5.92 Å². The monoisotopic (exact) mass is 155 g/mol. The maximum atomic E-state index is 5.11. The normalized spacial score (nSPS) is 32.5. The molecule has 0 radical (unpaired) electrons. The molecule has 1 fully saturated rings. The van der Waals surface area contributed by atoms with Gasteiger partial charge < -0.3 is 9.64 Å². The summed E-state index contributed by atoms with van der Waals surface area (Å²) in [5.41, 5.74) is 0. The molecule has 0 aromatic carbocycles. The minimum Gasteiger partial charge on any atom is -0.383 e. The van der Waals surface area contributed by atoms with Crippen molar-refractivity contribution in [3.63, 3.8) is 0 Å². The van der Waals surface area contributed by atoms with Gasteiger partial charge in [0.2, 0.25) is 0 Å². The molecular formula is C9H17NO. The highest BCUT2D eigenvalue weighted by Crippen LogP contribution is 2.21. The second kappa shape index (κ2) is 3.88. The summed E-state index contributed by atoms with van der Waals surface area (Å²) in [5.74, 6) is 0.667. The zero-order chi connectivity index (χ0) is 8.27. The highest BCUT2D eigenvalue weighted by atomic mass is 16.5. The largest absolute Gasteiger partial charge is 0.383 e. The molecule has 0 amide bonds. The Morgan fingerprint density at radius 2 is 2.45 bits per heavy atom. The van der Waals surface area contributed by atoms with Crippen molar-refractivity contribution in [3.05, 3.63) is 12.7 Å². The predicted octanol–water partition coefficient (Wildman–Crippen LogP) is 1.14. The van der Waals surface area contributed by atoms with E-state index >= 15 is 0 Å². The molecule has 0 aromatic heterocycles. The van der Waals surface area contributed by atoms with E-state index in [1.54, 1.807) is 7.11 Å². The van der Waals surface area contributed by atoms with Gasteiger partial charge >= 0.3 is 0 Å². The fourth-order valence-electron chi connectivity index (χ4n) is 1.68. The van der Waals surface area contributed by atoms with Gasteiger partial charge in [-0.1, -0.05) is 6.08 Å². The molecule has 1 saturated heterocycles. The van der Waals surface area contributed by atoms with E-state index in [0.717, 1.165) is 13.2 Å². The van der Waals surface area contributed by atoms with E-state index in [2.05, 4.69) is 18.5 Å². The predicted molar refractivity (Wildman–Crippen MR) is 46.6 cm³/mol. The van der Waals surface area contributed by atoms with Crippen molar-refractivity contribution in [2.45, 2.75) is 12.5 Å². The maximum Gasteiger partial charge on any atom is 0.0618 e. The third-order valence-corrected chi connectivity index (χ3v) is 2.41. The molecule has 64 valence electrons. The molecular weight excluding hydrogens is 138 g/mol. The van der Waals surface area contributed by atoms with Gasteiger partial charge in [0, 0.05) is 19.7 Å². The number of nitrogens with zero attached hydrogens (tertiary/aromatic N) is 1. The minimum atomic E-state index is 0.600. The molecule has 1 aliphatic rings. The lowest BCUT2D eigenvalue weighted by atomic mass is 10.1. The summed E-state index contributed by atoms with van der Waals surface area (Å²) in [7, 11) is 3.91. The van der Waals surface area contributed by atoms with E-state index in [1.807, 2.05) is 6.08 Å². The lowest BCUT2D eigenvalue weighted by molar-refractivity contribution is 0.129. The summed E-state index contributed by atoms with van der Waals surface area (Å²) in [6, 6.07) is 0.600. The molecule has 2 heteroatoms. The first-order valence-electron chi connectivity index (χ1n) is 4.09. The van der Waals surface area contributed by atoms with Crippen molar-refractivity contribution >= 4 is 0 Å². The topological polar surface area (TPSA) is 12.5 Å². The highest BCUT2D eigenvalue weighted by molar-refractivity contribution is 4.91. The van der Waals surface area contributed by atoms with Crippen LogP contribution in [0.25, 0.3) is 0 Å². The summed E-state index contributed by atoms with van der Waals surface area (Å²) in [5, 5.41) is 0. The van der Waals surface area contributed by atoms with E-state index in [9.17, 15) is 0 Å². The molecule has 1 rings (SSSR count). The van der Waals surface area contributed by atoms with Gasteiger partial charge in [-0.15, -0.1) is 6.58 Å². The van der Waals surface area contributed by atoms with Crippen LogP contribution in [0.1, 0.15) is 6.42 Å². The molecule has 0 aliphatic carbocycles. The van der Waals surface area contributed by atoms with E-state index in [4.69, 9.17) is 4.74 Å². The summed E-state index contributed by atoms with van der Waals surface area (Å²) in [6.07, 6.45) is 3.25. The lowest BCUT2D eigenvalue weighted by Crippen LogP contribution is -2.28. The Hall–Kier alpha value is -0.340. The number of ether oxygens (including phenoxy) is 1. The highest BCUT2D eigenvalue weighted by Gasteiger charge is 2.26. The van der Waals surface area contributed by atoms with Gasteiger partial charge in [0.15, 0.2) is 0 Å². The van der Waals surface area contributed by atoms with Crippen LogP contribution < -0.4 is 0 Å². The van der Waals surface area contributed by atoms with Crippen LogP contribution in [-0.4, -0.2) is 38.3 Å². The van der Waals surface area contributed by atoms with Crippen LogP contribution in [-0.2, 0) is 4.74 Å². The van der Waals surface area contributed by atoms with Gasteiger partial charge in [-0.05, 0) is 19.4 Å². The first-order chi connectivity index (χ1) is 5.27. The first kappa shape index (κ1) is 8.75. The van der Waals surface area contributed by atoms with Crippen LogP contribution in [0, 0.1) is 5.92 Å². The van der Waals surface area contributed by atoms with Crippen molar-refractivity contribution in [1.29, 1.82) is 0 Å². The van der Waals surface area contributed by atoms with Crippen molar-refractivity contribution < 1.29 is 4.74 Å². The smallest absolute Gasteiger partial charge is 0.0618 e. The average molecular weight is 155 g/mol. The Balaban J connectivity index is 2.38. The van der Waals surface area contributed by atoms with Crippen molar-refractivity contribution in [2.75, 3.05) is 27.3 Å². The van der Waals surface area contributed by atoms with E-state index in [1.165, 1.54) is 6.42 Å². The Kier molecular flexibility index (Phi) is 3.09. The van der Waals surface area contributed by atoms with E-state index in [0.29, 0.717) is 12.0 Å². The Morgan fingerprint density at radius 1 is 1.73 bits per heavy atom. The number of likely N-dealkylation sites (tertiary alicyclic amines) is 1. The fraction of sp³-hybridized carbons (Fsp3) is 0.778. The van der Waals surface area contributed by atoms with E-state index < -0.39 is 0 Å². The van der Waals surface area contributed by atoms with Crippen LogP contribution in [0.15, 0.2) is 12.7 Å². The van der Waals surface area contributed by atoms with Gasteiger partial charge in [-0.2, -0.15) is 0 Å². The molecule has 1 aliphatic heterocycles. The van der Waals surface area contributed by atoms with Crippen LogP contribution >= 0.6 is 0 Å². The first-order valence-corrected chi connectivity index (χ1v) is 4.09. The molecule has 0 bridgehead atoms. The van der Waals surface area contributed by atoms with Crippen molar-refractivity contribution in [3.8, 4) is 0 Å². The molecule has 0 N–H and O–H groups in total. The third kappa shape index (κ3) is 2.04. The van der Waals surface area contributed by atoms with Gasteiger partial charge in [0.25, 0.3) is 0 Å². The second-order valence-electron chi connectivity index (χ2n) is 3.28. The number of likely N-dealkylation sites (N-methyl/N-ethyl adjacent to an activating group) is 1. The van der Waals surface area contributed by atoms with Crippen LogP contribution in [0.4, 0.5) is 0 Å². The standard InChI is InChI=1S/C9H17NO/c1-4-8-5-9(7-11-3)10(2)6-8/h4,8-9H,1,5-7H2,2-3H3/t8-,9+/m0/s1. The zero-order valence-corrected chi connectivity index (χ0v) is 7.42. The van der Waals surface area contributed by atoms with E-state index in [-0.39, 0.29) is 0 Å². The van der Waals surface area contributed by atoms with Gasteiger partial charge in [-0.25, -0.2) is 0 Å². The fourth-order valence-corrected chi connectivity index (χ4v) is 1.68.